The predicted octanol–water partition coefficient (Wildman–Crippen LogP) is 1.37. The molecule has 0 aliphatic heterocycles. The summed E-state index contributed by atoms with van der Waals surface area (Å²) in [6.45, 7) is 0. The summed E-state index contributed by atoms with van der Waals surface area (Å²) in [7, 11) is 0. The fourth-order valence-electron chi connectivity index (χ4n) is 1.45. The standard InChI is InChI=1S/C13H11N7/c14-5-12(13(15)16)20-19-11-3-1-9(2-4-11)10-6-17-8-18-7-10/h1-4,6-8,19H,(H3,15,16)/b20-12+. The first-order valence-corrected chi connectivity index (χ1v) is 5.64. The number of aromatic nitrogens is 2. The van der Waals surface area contributed by atoms with Gasteiger partial charge in [0.15, 0.2) is 5.84 Å². The molecule has 1 aromatic carbocycles. The maximum absolute atomic E-state index is 8.71. The maximum atomic E-state index is 8.71. The van der Waals surface area contributed by atoms with Crippen LogP contribution in [0.3, 0.4) is 0 Å². The maximum Gasteiger partial charge on any atom is 0.201 e. The Balaban J connectivity index is 2.14. The van der Waals surface area contributed by atoms with Gasteiger partial charge in [-0.3, -0.25) is 10.8 Å². The summed E-state index contributed by atoms with van der Waals surface area (Å²) >= 11 is 0. The molecule has 7 nitrogen and oxygen atoms in total. The van der Waals surface area contributed by atoms with Crippen molar-refractivity contribution < 1.29 is 0 Å². The monoisotopic (exact) mass is 265 g/mol. The van der Waals surface area contributed by atoms with Gasteiger partial charge in [-0.05, 0) is 17.7 Å². The number of amidine groups is 1. The molecular weight excluding hydrogens is 254 g/mol. The molecule has 0 radical (unpaired) electrons. The number of hydrogen-bond acceptors (Lipinski definition) is 6. The molecule has 0 spiro atoms. The second kappa shape index (κ2) is 6.06. The Kier molecular flexibility index (Phi) is 3.99. The number of hydrogen-bond donors (Lipinski definition) is 3. The van der Waals surface area contributed by atoms with Crippen LogP contribution >= 0.6 is 0 Å². The van der Waals surface area contributed by atoms with Crippen molar-refractivity contribution in [1.82, 2.24) is 9.97 Å². The Morgan fingerprint density at radius 3 is 2.40 bits per heavy atom. The van der Waals surface area contributed by atoms with E-state index in [1.165, 1.54) is 6.33 Å². The van der Waals surface area contributed by atoms with E-state index in [-0.39, 0.29) is 11.5 Å². The summed E-state index contributed by atoms with van der Waals surface area (Å²) in [6, 6.07) is 9.06. The molecule has 0 fully saturated rings. The summed E-state index contributed by atoms with van der Waals surface area (Å²) in [5, 5.41) is 19.6. The Hall–Kier alpha value is -3.27. The zero-order valence-electron chi connectivity index (χ0n) is 10.4. The highest BCUT2D eigenvalue weighted by Crippen LogP contribution is 2.19. The van der Waals surface area contributed by atoms with Crippen LogP contribution in [0.25, 0.3) is 11.1 Å². The van der Waals surface area contributed by atoms with Gasteiger partial charge in [0.1, 0.15) is 12.4 Å². The van der Waals surface area contributed by atoms with Gasteiger partial charge in [-0.2, -0.15) is 10.4 Å². The number of benzene rings is 1. The van der Waals surface area contributed by atoms with Gasteiger partial charge in [0.2, 0.25) is 5.71 Å². The minimum absolute atomic E-state index is 0.162. The van der Waals surface area contributed by atoms with Gasteiger partial charge in [0.05, 0.1) is 5.69 Å². The molecule has 1 heterocycles. The summed E-state index contributed by atoms with van der Waals surface area (Å²) in [5.74, 6) is -0.377. The molecule has 0 amide bonds. The lowest BCUT2D eigenvalue weighted by molar-refractivity contribution is 1.17. The molecule has 0 saturated carbocycles. The fraction of sp³-hybridized carbons (Fsp3) is 0. The number of anilines is 1. The molecule has 2 aromatic rings. The average molecular weight is 265 g/mol. The second-order valence-corrected chi connectivity index (χ2v) is 3.80. The van der Waals surface area contributed by atoms with Crippen LogP contribution in [-0.2, 0) is 0 Å². The first-order valence-electron chi connectivity index (χ1n) is 5.64. The molecule has 0 saturated heterocycles. The second-order valence-electron chi connectivity index (χ2n) is 3.80. The van der Waals surface area contributed by atoms with Gasteiger partial charge < -0.3 is 5.73 Å². The van der Waals surface area contributed by atoms with Crippen LogP contribution in [0.4, 0.5) is 5.69 Å². The van der Waals surface area contributed by atoms with Crippen LogP contribution in [-0.4, -0.2) is 21.5 Å². The van der Waals surface area contributed by atoms with E-state index in [9.17, 15) is 0 Å². The topological polar surface area (TPSA) is 124 Å². The van der Waals surface area contributed by atoms with Gasteiger partial charge in [0, 0.05) is 18.0 Å². The Morgan fingerprint density at radius 2 is 1.85 bits per heavy atom. The molecule has 0 aliphatic rings. The highest BCUT2D eigenvalue weighted by Gasteiger charge is 2.01. The number of nitrogens with two attached hydrogens (primary N) is 1. The van der Waals surface area contributed by atoms with Gasteiger partial charge in [-0.1, -0.05) is 12.1 Å². The largest absolute Gasteiger partial charge is 0.382 e. The third-order valence-corrected chi connectivity index (χ3v) is 2.44. The SMILES string of the molecule is N#C/C(=N\Nc1ccc(-c2cncnc2)cc1)C(=N)N. The van der Waals surface area contributed by atoms with E-state index < -0.39 is 0 Å². The van der Waals surface area contributed by atoms with Gasteiger partial charge >= 0.3 is 0 Å². The molecule has 0 aliphatic carbocycles. The molecule has 0 atom stereocenters. The van der Waals surface area contributed by atoms with Gasteiger partial charge in [0.25, 0.3) is 0 Å². The van der Waals surface area contributed by atoms with E-state index in [4.69, 9.17) is 16.4 Å². The van der Waals surface area contributed by atoms with Gasteiger partial charge in [-0.15, -0.1) is 0 Å². The van der Waals surface area contributed by atoms with Gasteiger partial charge in [-0.25, -0.2) is 9.97 Å². The van der Waals surface area contributed by atoms with Crippen LogP contribution in [0.15, 0.2) is 48.1 Å². The van der Waals surface area contributed by atoms with E-state index in [0.717, 1.165) is 11.1 Å². The zero-order valence-corrected chi connectivity index (χ0v) is 10.4. The van der Waals surface area contributed by atoms with Crippen LogP contribution in [0, 0.1) is 16.7 Å². The van der Waals surface area contributed by atoms with Crippen molar-refractivity contribution in [3.8, 4) is 17.2 Å². The number of nitrogens with one attached hydrogen (secondary N) is 2. The fourth-order valence-corrected chi connectivity index (χ4v) is 1.45. The number of rotatable bonds is 4. The molecule has 7 heteroatoms. The number of nitriles is 1. The average Bonchev–Trinajstić information content (AvgIpc) is 2.49. The number of nitrogens with zero attached hydrogens (tertiary/aromatic N) is 4. The zero-order chi connectivity index (χ0) is 14.4. The summed E-state index contributed by atoms with van der Waals surface area (Å²) in [5.41, 5.74) is 10.2. The van der Waals surface area contributed by atoms with E-state index in [0.29, 0.717) is 5.69 Å². The summed E-state index contributed by atoms with van der Waals surface area (Å²) < 4.78 is 0. The number of hydrazone groups is 1. The van der Waals surface area contributed by atoms with Crippen molar-refractivity contribution in [1.29, 1.82) is 10.7 Å². The van der Waals surface area contributed by atoms with Crippen LogP contribution < -0.4 is 11.2 Å². The van der Waals surface area contributed by atoms with Crippen molar-refractivity contribution in [3.63, 3.8) is 0 Å². The Labute approximate surface area is 115 Å². The van der Waals surface area contributed by atoms with Crippen LogP contribution in [0.1, 0.15) is 0 Å². The molecule has 1 aromatic heterocycles. The minimum Gasteiger partial charge on any atom is -0.382 e. The quantitative estimate of drug-likeness (QED) is 0.437. The third kappa shape index (κ3) is 3.14. The highest BCUT2D eigenvalue weighted by molar-refractivity contribution is 6.45. The Bertz CT molecular complexity index is 668. The smallest absolute Gasteiger partial charge is 0.201 e. The molecule has 98 valence electrons. The first kappa shape index (κ1) is 13.2. The predicted molar refractivity (Wildman–Crippen MR) is 76.1 cm³/mol. The lowest BCUT2D eigenvalue weighted by Crippen LogP contribution is -2.21. The Morgan fingerprint density at radius 1 is 1.20 bits per heavy atom. The van der Waals surface area contributed by atoms with E-state index in [1.807, 2.05) is 12.1 Å². The van der Waals surface area contributed by atoms with Crippen LogP contribution in [0.5, 0.6) is 0 Å². The summed E-state index contributed by atoms with van der Waals surface area (Å²) in [6.07, 6.45) is 4.91. The van der Waals surface area contributed by atoms with E-state index >= 15 is 0 Å². The summed E-state index contributed by atoms with van der Waals surface area (Å²) in [4.78, 5) is 7.90. The lowest BCUT2D eigenvalue weighted by atomic mass is 10.1. The molecular formula is C13H11N7. The molecule has 20 heavy (non-hydrogen) atoms. The molecule has 0 bridgehead atoms. The van der Waals surface area contributed by atoms with Crippen molar-refractivity contribution in [2.45, 2.75) is 0 Å². The van der Waals surface area contributed by atoms with E-state index in [2.05, 4.69) is 20.5 Å². The molecule has 0 unspecified atom stereocenters. The first-order chi connectivity index (χ1) is 9.70. The highest BCUT2D eigenvalue weighted by atomic mass is 15.3. The molecule has 4 N–H and O–H groups in total. The van der Waals surface area contributed by atoms with Crippen molar-refractivity contribution in [2.75, 3.05) is 5.43 Å². The minimum atomic E-state index is -0.377. The van der Waals surface area contributed by atoms with Crippen molar-refractivity contribution in [2.24, 2.45) is 10.8 Å². The van der Waals surface area contributed by atoms with E-state index in [1.54, 1.807) is 30.6 Å². The lowest BCUT2D eigenvalue weighted by Gasteiger charge is -2.03. The van der Waals surface area contributed by atoms with Crippen LogP contribution in [0.2, 0.25) is 0 Å². The molecule has 2 rings (SSSR count). The normalized spacial score (nSPS) is 10.7. The van der Waals surface area contributed by atoms with Crippen molar-refractivity contribution >= 4 is 17.2 Å². The third-order valence-electron chi connectivity index (χ3n) is 2.44. The van der Waals surface area contributed by atoms with Crippen molar-refractivity contribution in [3.05, 3.63) is 43.0 Å².